The average Bonchev–Trinajstić information content (AvgIpc) is 2.27. The first-order chi connectivity index (χ1) is 8.70. The van der Waals surface area contributed by atoms with Crippen molar-refractivity contribution in [1.29, 1.82) is 0 Å². The fourth-order valence-electron chi connectivity index (χ4n) is 1.12. The second-order valence-electron chi connectivity index (χ2n) is 3.42. The van der Waals surface area contributed by atoms with Gasteiger partial charge >= 0.3 is 12.1 Å². The molecule has 102 valence electrons. The molecule has 5 nitrogen and oxygen atoms in total. The molecule has 19 heavy (non-hydrogen) atoms. The Labute approximate surface area is 105 Å². The van der Waals surface area contributed by atoms with Crippen LogP contribution < -0.4 is 5.73 Å². The van der Waals surface area contributed by atoms with Gasteiger partial charge in [0.15, 0.2) is 0 Å². The van der Waals surface area contributed by atoms with Crippen LogP contribution in [0.4, 0.5) is 19.0 Å². The fourth-order valence-corrected chi connectivity index (χ4v) is 1.12. The van der Waals surface area contributed by atoms with Crippen LogP contribution in [0.3, 0.4) is 0 Å². The minimum absolute atomic E-state index is 0.209. The van der Waals surface area contributed by atoms with Gasteiger partial charge in [-0.2, -0.15) is 13.2 Å². The number of hydrogen-bond donors (Lipinski definition) is 3. The van der Waals surface area contributed by atoms with E-state index in [2.05, 4.69) is 4.98 Å². The number of pyridine rings is 1. The molecule has 0 atom stereocenters. The van der Waals surface area contributed by atoms with Crippen molar-refractivity contribution in [3.8, 4) is 5.75 Å². The zero-order valence-corrected chi connectivity index (χ0v) is 9.35. The largest absolute Gasteiger partial charge is 0.508 e. The zero-order valence-electron chi connectivity index (χ0n) is 9.35. The average molecular weight is 274 g/mol. The predicted molar refractivity (Wildman–Crippen MR) is 61.5 cm³/mol. The topological polar surface area (TPSA) is 96.4 Å². The van der Waals surface area contributed by atoms with Gasteiger partial charge < -0.3 is 15.9 Å². The first-order valence-electron chi connectivity index (χ1n) is 4.85. The van der Waals surface area contributed by atoms with E-state index in [9.17, 15) is 13.2 Å². The summed E-state index contributed by atoms with van der Waals surface area (Å²) in [6, 6.07) is 8.62. The van der Waals surface area contributed by atoms with Crippen molar-refractivity contribution in [3.05, 3.63) is 30.3 Å². The number of benzene rings is 1. The van der Waals surface area contributed by atoms with Gasteiger partial charge in [-0.3, -0.25) is 0 Å². The minimum Gasteiger partial charge on any atom is -0.508 e. The normalized spacial score (nSPS) is 10.7. The first-order valence-corrected chi connectivity index (χ1v) is 4.85. The summed E-state index contributed by atoms with van der Waals surface area (Å²) in [6.07, 6.45) is -5.08. The van der Waals surface area contributed by atoms with E-state index < -0.39 is 12.1 Å². The highest BCUT2D eigenvalue weighted by atomic mass is 19.4. The molecule has 1 aromatic heterocycles. The highest BCUT2D eigenvalue weighted by Crippen LogP contribution is 2.18. The lowest BCUT2D eigenvalue weighted by molar-refractivity contribution is -0.192. The lowest BCUT2D eigenvalue weighted by Gasteiger charge is -1.98. The van der Waals surface area contributed by atoms with Crippen LogP contribution >= 0.6 is 0 Å². The van der Waals surface area contributed by atoms with Gasteiger partial charge in [0.2, 0.25) is 0 Å². The Morgan fingerprint density at radius 3 is 2.26 bits per heavy atom. The number of phenols is 1. The van der Waals surface area contributed by atoms with Crippen LogP contribution in [0.15, 0.2) is 30.3 Å². The van der Waals surface area contributed by atoms with Gasteiger partial charge in [-0.05, 0) is 24.3 Å². The van der Waals surface area contributed by atoms with Gasteiger partial charge in [0.05, 0.1) is 5.52 Å². The summed E-state index contributed by atoms with van der Waals surface area (Å²) in [7, 11) is 0. The molecule has 0 spiro atoms. The van der Waals surface area contributed by atoms with Gasteiger partial charge in [0.25, 0.3) is 0 Å². The lowest BCUT2D eigenvalue weighted by atomic mass is 10.2. The van der Waals surface area contributed by atoms with Gasteiger partial charge in [-0.15, -0.1) is 0 Å². The zero-order chi connectivity index (χ0) is 14.6. The van der Waals surface area contributed by atoms with Crippen LogP contribution in [0.2, 0.25) is 0 Å². The second kappa shape index (κ2) is 5.42. The number of carboxylic acid groups (broad SMARTS) is 1. The standard InChI is InChI=1S/C9H8N2O.C2HF3O2/c10-9-4-2-6-1-3-7(12)5-8(6)11-9;3-2(4,5)1(6)7/h1-5,12H,(H2,10,11);(H,6,7). The molecular formula is C11H9F3N2O3. The third kappa shape index (κ3) is 4.34. The Bertz CT molecular complexity index is 562. The molecule has 8 heteroatoms. The smallest absolute Gasteiger partial charge is 0.490 e. The van der Waals surface area contributed by atoms with Crippen LogP contribution in [0, 0.1) is 0 Å². The summed E-state index contributed by atoms with van der Waals surface area (Å²) in [5.41, 5.74) is 6.20. The molecule has 0 bridgehead atoms. The molecule has 2 aromatic rings. The quantitative estimate of drug-likeness (QED) is 0.684. The molecule has 0 aliphatic carbocycles. The number of nitrogen functional groups attached to an aromatic ring is 1. The molecule has 0 saturated heterocycles. The third-order valence-corrected chi connectivity index (χ3v) is 1.94. The highest BCUT2D eigenvalue weighted by Gasteiger charge is 2.38. The Hall–Kier alpha value is -2.51. The van der Waals surface area contributed by atoms with Crippen LogP contribution in [-0.2, 0) is 4.79 Å². The predicted octanol–water partition coefficient (Wildman–Crippen LogP) is 2.16. The molecule has 0 aliphatic heterocycles. The lowest BCUT2D eigenvalue weighted by Crippen LogP contribution is -2.21. The number of rotatable bonds is 0. The summed E-state index contributed by atoms with van der Waals surface area (Å²) in [6.45, 7) is 0. The molecule has 1 aromatic carbocycles. The summed E-state index contributed by atoms with van der Waals surface area (Å²) in [4.78, 5) is 13.0. The maximum Gasteiger partial charge on any atom is 0.490 e. The number of alkyl halides is 3. The Balaban J connectivity index is 0.000000224. The van der Waals surface area contributed by atoms with E-state index >= 15 is 0 Å². The van der Waals surface area contributed by atoms with Crippen LogP contribution in [-0.4, -0.2) is 27.3 Å². The van der Waals surface area contributed by atoms with E-state index in [-0.39, 0.29) is 5.75 Å². The molecule has 0 radical (unpaired) electrons. The number of carboxylic acids is 1. The first kappa shape index (κ1) is 14.6. The van der Waals surface area contributed by atoms with Crippen molar-refractivity contribution in [2.75, 3.05) is 5.73 Å². The number of carbonyl (C=O) groups is 1. The molecule has 0 fully saturated rings. The van der Waals surface area contributed by atoms with E-state index in [0.29, 0.717) is 5.82 Å². The molecule has 1 heterocycles. The number of aliphatic carboxylic acids is 1. The SMILES string of the molecule is Nc1ccc2ccc(O)cc2n1.O=C(O)C(F)(F)F. The summed E-state index contributed by atoms with van der Waals surface area (Å²) in [5, 5.41) is 17.2. The van der Waals surface area contributed by atoms with Crippen LogP contribution in [0.25, 0.3) is 10.9 Å². The molecule has 0 saturated carbocycles. The number of anilines is 1. The van der Waals surface area contributed by atoms with Gasteiger partial charge in [0, 0.05) is 11.5 Å². The van der Waals surface area contributed by atoms with E-state index in [1.165, 1.54) is 0 Å². The number of aromatic hydroxyl groups is 1. The number of nitrogens with two attached hydrogens (primary N) is 1. The van der Waals surface area contributed by atoms with Crippen molar-refractivity contribution in [1.82, 2.24) is 4.98 Å². The maximum absolute atomic E-state index is 10.6. The van der Waals surface area contributed by atoms with E-state index in [1.54, 1.807) is 24.3 Å². The number of aromatic nitrogens is 1. The van der Waals surface area contributed by atoms with Crippen molar-refractivity contribution in [2.45, 2.75) is 6.18 Å². The molecular weight excluding hydrogens is 265 g/mol. The molecule has 0 amide bonds. The van der Waals surface area contributed by atoms with Crippen molar-refractivity contribution in [2.24, 2.45) is 0 Å². The Morgan fingerprint density at radius 1 is 1.21 bits per heavy atom. The van der Waals surface area contributed by atoms with Crippen LogP contribution in [0.1, 0.15) is 0 Å². The number of fused-ring (bicyclic) bond motifs is 1. The Kier molecular flexibility index (Phi) is 4.15. The van der Waals surface area contributed by atoms with Crippen molar-refractivity contribution >= 4 is 22.7 Å². The van der Waals surface area contributed by atoms with E-state index in [1.807, 2.05) is 6.07 Å². The minimum atomic E-state index is -5.08. The number of halogens is 3. The summed E-state index contributed by atoms with van der Waals surface area (Å²) < 4.78 is 31.7. The van der Waals surface area contributed by atoms with Gasteiger partial charge in [0.1, 0.15) is 11.6 Å². The van der Waals surface area contributed by atoms with E-state index in [4.69, 9.17) is 20.7 Å². The van der Waals surface area contributed by atoms with Gasteiger partial charge in [-0.25, -0.2) is 9.78 Å². The van der Waals surface area contributed by atoms with Gasteiger partial charge in [-0.1, -0.05) is 0 Å². The number of nitrogens with zero attached hydrogens (tertiary/aromatic N) is 1. The summed E-state index contributed by atoms with van der Waals surface area (Å²) in [5.74, 6) is -2.08. The number of phenolic OH excluding ortho intramolecular Hbond substituents is 1. The molecule has 0 unspecified atom stereocenters. The molecule has 2 rings (SSSR count). The van der Waals surface area contributed by atoms with E-state index in [0.717, 1.165) is 10.9 Å². The third-order valence-electron chi connectivity index (χ3n) is 1.94. The van der Waals surface area contributed by atoms with Crippen molar-refractivity contribution < 1.29 is 28.2 Å². The van der Waals surface area contributed by atoms with Crippen molar-refractivity contribution in [3.63, 3.8) is 0 Å². The highest BCUT2D eigenvalue weighted by molar-refractivity contribution is 5.81. The number of hydrogen-bond acceptors (Lipinski definition) is 4. The second-order valence-corrected chi connectivity index (χ2v) is 3.42. The fraction of sp³-hybridized carbons (Fsp3) is 0.0909. The maximum atomic E-state index is 10.6. The summed E-state index contributed by atoms with van der Waals surface area (Å²) >= 11 is 0. The molecule has 0 aliphatic rings. The van der Waals surface area contributed by atoms with Crippen LogP contribution in [0.5, 0.6) is 5.75 Å². The molecule has 4 N–H and O–H groups in total. The Morgan fingerprint density at radius 2 is 1.74 bits per heavy atom. The monoisotopic (exact) mass is 274 g/mol.